The van der Waals surface area contributed by atoms with Gasteiger partial charge in [0.15, 0.2) is 0 Å². The summed E-state index contributed by atoms with van der Waals surface area (Å²) in [7, 11) is -2.20. The molecule has 0 spiro atoms. The monoisotopic (exact) mass is 462 g/mol. The SMILES string of the molecule is CC[C@@H](C(=O)NCCOc1ccc(C(C)(C)C)cc1)N(c1cccc(OC)c1)S(C)(=O)=O. The smallest absolute Gasteiger partial charge is 0.244 e. The first-order valence-electron chi connectivity index (χ1n) is 10.6. The molecule has 0 saturated carbocycles. The second kappa shape index (κ2) is 10.7. The lowest BCUT2D eigenvalue weighted by molar-refractivity contribution is -0.122. The minimum absolute atomic E-state index is 0.0654. The van der Waals surface area contributed by atoms with Gasteiger partial charge in [-0.2, -0.15) is 0 Å². The number of benzene rings is 2. The Hall–Kier alpha value is -2.74. The summed E-state index contributed by atoms with van der Waals surface area (Å²) in [4.78, 5) is 12.9. The largest absolute Gasteiger partial charge is 0.497 e. The first kappa shape index (κ1) is 25.5. The van der Waals surface area contributed by atoms with Crippen LogP contribution in [0, 0.1) is 0 Å². The van der Waals surface area contributed by atoms with Crippen molar-refractivity contribution in [3.8, 4) is 11.5 Å². The molecule has 2 aromatic carbocycles. The van der Waals surface area contributed by atoms with Crippen LogP contribution in [0.4, 0.5) is 5.69 Å². The molecule has 0 saturated heterocycles. The lowest BCUT2D eigenvalue weighted by Crippen LogP contribution is -2.50. The quantitative estimate of drug-likeness (QED) is 0.544. The van der Waals surface area contributed by atoms with E-state index in [2.05, 4.69) is 26.1 Å². The van der Waals surface area contributed by atoms with E-state index in [4.69, 9.17) is 9.47 Å². The molecule has 2 rings (SSSR count). The van der Waals surface area contributed by atoms with Crippen molar-refractivity contribution in [2.45, 2.75) is 45.6 Å². The van der Waals surface area contributed by atoms with Crippen molar-refractivity contribution in [1.82, 2.24) is 5.32 Å². The number of anilines is 1. The number of nitrogens with one attached hydrogen (secondary N) is 1. The zero-order valence-corrected chi connectivity index (χ0v) is 20.5. The van der Waals surface area contributed by atoms with Crippen molar-refractivity contribution in [2.24, 2.45) is 0 Å². The zero-order chi connectivity index (χ0) is 23.9. The van der Waals surface area contributed by atoms with Crippen LogP contribution in [0.2, 0.25) is 0 Å². The maximum atomic E-state index is 12.9. The van der Waals surface area contributed by atoms with Gasteiger partial charge >= 0.3 is 0 Å². The lowest BCUT2D eigenvalue weighted by Gasteiger charge is -2.30. The minimum Gasteiger partial charge on any atom is -0.497 e. The third-order valence-electron chi connectivity index (χ3n) is 5.03. The Morgan fingerprint density at radius 1 is 1.09 bits per heavy atom. The van der Waals surface area contributed by atoms with Gasteiger partial charge in [-0.25, -0.2) is 8.42 Å². The molecule has 1 atom stereocenters. The summed E-state index contributed by atoms with van der Waals surface area (Å²) in [5, 5.41) is 2.79. The Labute approximate surface area is 191 Å². The Morgan fingerprint density at radius 2 is 1.75 bits per heavy atom. The van der Waals surface area contributed by atoms with E-state index in [1.165, 1.54) is 12.7 Å². The molecule has 0 aliphatic carbocycles. The van der Waals surface area contributed by atoms with Gasteiger partial charge in [0.1, 0.15) is 24.1 Å². The topological polar surface area (TPSA) is 84.9 Å². The molecule has 0 aliphatic heterocycles. The average molecular weight is 463 g/mol. The fourth-order valence-electron chi connectivity index (χ4n) is 3.32. The highest BCUT2D eigenvalue weighted by Gasteiger charge is 2.31. The molecule has 0 unspecified atom stereocenters. The van der Waals surface area contributed by atoms with Crippen molar-refractivity contribution < 1.29 is 22.7 Å². The fraction of sp³-hybridized carbons (Fsp3) is 0.458. The number of hydrogen-bond acceptors (Lipinski definition) is 5. The van der Waals surface area contributed by atoms with Crippen LogP contribution in [-0.2, 0) is 20.2 Å². The van der Waals surface area contributed by atoms with Crippen molar-refractivity contribution >= 4 is 21.6 Å². The number of amides is 1. The Morgan fingerprint density at radius 3 is 2.28 bits per heavy atom. The molecule has 0 bridgehead atoms. The summed E-state index contributed by atoms with van der Waals surface area (Å²) in [5.74, 6) is 0.846. The number of ether oxygens (including phenoxy) is 2. The highest BCUT2D eigenvalue weighted by Crippen LogP contribution is 2.26. The molecule has 1 N–H and O–H groups in total. The van der Waals surface area contributed by atoms with Crippen molar-refractivity contribution in [3.63, 3.8) is 0 Å². The first-order valence-corrected chi connectivity index (χ1v) is 12.5. The normalized spacial score (nSPS) is 12.7. The predicted octanol–water partition coefficient (Wildman–Crippen LogP) is 3.73. The van der Waals surface area contributed by atoms with Gasteiger partial charge in [0.05, 0.1) is 25.6 Å². The van der Waals surface area contributed by atoms with E-state index in [1.807, 2.05) is 24.3 Å². The van der Waals surface area contributed by atoms with Gasteiger partial charge in [0.2, 0.25) is 15.9 Å². The molecule has 0 radical (unpaired) electrons. The van der Waals surface area contributed by atoms with E-state index >= 15 is 0 Å². The number of carbonyl (C=O) groups excluding carboxylic acids is 1. The number of hydrogen-bond donors (Lipinski definition) is 1. The molecule has 2 aromatic rings. The van der Waals surface area contributed by atoms with E-state index in [9.17, 15) is 13.2 Å². The second-order valence-electron chi connectivity index (χ2n) is 8.60. The van der Waals surface area contributed by atoms with Crippen LogP contribution in [0.3, 0.4) is 0 Å². The molecular weight excluding hydrogens is 428 g/mol. The van der Waals surface area contributed by atoms with E-state index in [0.29, 0.717) is 23.6 Å². The van der Waals surface area contributed by atoms with Gasteiger partial charge in [0, 0.05) is 6.07 Å². The Bertz CT molecular complexity index is 998. The van der Waals surface area contributed by atoms with E-state index in [-0.39, 0.29) is 24.5 Å². The Kier molecular flexibility index (Phi) is 8.55. The summed E-state index contributed by atoms with van der Waals surface area (Å²) >= 11 is 0. The van der Waals surface area contributed by atoms with Crippen LogP contribution in [0.5, 0.6) is 11.5 Å². The van der Waals surface area contributed by atoms with E-state index < -0.39 is 16.1 Å². The minimum atomic E-state index is -3.70. The van der Waals surface area contributed by atoms with Gasteiger partial charge in [-0.15, -0.1) is 0 Å². The standard InChI is InChI=1S/C24H34N2O5S/c1-7-22(26(32(6,28)29)19-9-8-10-21(17-19)30-5)23(27)25-15-16-31-20-13-11-18(12-14-20)24(2,3)4/h8-14,17,22H,7,15-16H2,1-6H3,(H,25,27)/t22-/m0/s1. The predicted molar refractivity (Wildman–Crippen MR) is 128 cm³/mol. The summed E-state index contributed by atoms with van der Waals surface area (Å²) in [6.45, 7) is 8.74. The summed E-state index contributed by atoms with van der Waals surface area (Å²) in [5.41, 5.74) is 1.65. The summed E-state index contributed by atoms with van der Waals surface area (Å²) in [6.07, 6.45) is 1.40. The van der Waals surface area contributed by atoms with Crippen LogP contribution in [-0.4, -0.2) is 46.9 Å². The van der Waals surface area contributed by atoms with Crippen molar-refractivity contribution in [3.05, 3.63) is 54.1 Å². The summed E-state index contributed by atoms with van der Waals surface area (Å²) in [6, 6.07) is 13.6. The molecule has 0 aliphatic rings. The number of carbonyl (C=O) groups is 1. The van der Waals surface area contributed by atoms with Gasteiger partial charge in [-0.3, -0.25) is 9.10 Å². The van der Waals surface area contributed by atoms with Gasteiger partial charge < -0.3 is 14.8 Å². The van der Waals surface area contributed by atoms with Gasteiger partial charge in [0.25, 0.3) is 0 Å². The number of rotatable bonds is 10. The number of methoxy groups -OCH3 is 1. The number of nitrogens with zero attached hydrogens (tertiary/aromatic N) is 1. The molecule has 0 heterocycles. The van der Waals surface area contributed by atoms with Crippen LogP contribution >= 0.6 is 0 Å². The lowest BCUT2D eigenvalue weighted by atomic mass is 9.87. The Balaban J connectivity index is 2.02. The van der Waals surface area contributed by atoms with Crippen LogP contribution < -0.4 is 19.1 Å². The molecule has 0 fully saturated rings. The molecule has 7 nitrogen and oxygen atoms in total. The third kappa shape index (κ3) is 6.88. The average Bonchev–Trinajstić information content (AvgIpc) is 2.73. The third-order valence-corrected chi connectivity index (χ3v) is 6.21. The molecule has 176 valence electrons. The summed E-state index contributed by atoms with van der Waals surface area (Å²) < 4.78 is 37.1. The second-order valence-corrected chi connectivity index (χ2v) is 10.5. The van der Waals surface area contributed by atoms with E-state index in [0.717, 1.165) is 10.6 Å². The van der Waals surface area contributed by atoms with E-state index in [1.54, 1.807) is 31.2 Å². The van der Waals surface area contributed by atoms with Crippen LogP contribution in [0.15, 0.2) is 48.5 Å². The maximum absolute atomic E-state index is 12.9. The highest BCUT2D eigenvalue weighted by atomic mass is 32.2. The molecule has 1 amide bonds. The molecule has 8 heteroatoms. The first-order chi connectivity index (χ1) is 15.0. The maximum Gasteiger partial charge on any atom is 0.244 e. The van der Waals surface area contributed by atoms with Gasteiger partial charge in [-0.05, 0) is 41.7 Å². The van der Waals surface area contributed by atoms with Crippen molar-refractivity contribution in [2.75, 3.05) is 30.8 Å². The number of sulfonamides is 1. The van der Waals surface area contributed by atoms with Crippen molar-refractivity contribution in [1.29, 1.82) is 0 Å². The molecule has 32 heavy (non-hydrogen) atoms. The molecular formula is C24H34N2O5S. The van der Waals surface area contributed by atoms with Gasteiger partial charge in [-0.1, -0.05) is 45.9 Å². The van der Waals surface area contributed by atoms with Crippen LogP contribution in [0.25, 0.3) is 0 Å². The highest BCUT2D eigenvalue weighted by molar-refractivity contribution is 7.92. The fourth-order valence-corrected chi connectivity index (χ4v) is 4.52. The molecule has 0 aromatic heterocycles. The van der Waals surface area contributed by atoms with Crippen LogP contribution in [0.1, 0.15) is 39.7 Å². The zero-order valence-electron chi connectivity index (χ0n) is 19.7.